The molecule has 0 saturated heterocycles. The van der Waals surface area contributed by atoms with Crippen molar-refractivity contribution in [1.82, 2.24) is 9.47 Å². The highest BCUT2D eigenvalue weighted by Crippen LogP contribution is 2.24. The summed E-state index contributed by atoms with van der Waals surface area (Å²) in [6.45, 7) is 2.81. The Kier molecular flexibility index (Phi) is 6.36. The predicted octanol–water partition coefficient (Wildman–Crippen LogP) is 5.05. The average molecular weight is 437 g/mol. The minimum atomic E-state index is -0.0571. The maximum absolute atomic E-state index is 12.8. The van der Waals surface area contributed by atoms with Gasteiger partial charge in [0.05, 0.1) is 6.20 Å². The van der Waals surface area contributed by atoms with Gasteiger partial charge in [0.15, 0.2) is 5.75 Å². The zero-order valence-electron chi connectivity index (χ0n) is 18.6. The Balaban J connectivity index is 1.40. The summed E-state index contributed by atoms with van der Waals surface area (Å²) in [7, 11) is 0. The van der Waals surface area contributed by atoms with Crippen LogP contribution in [0.5, 0.6) is 5.75 Å². The van der Waals surface area contributed by atoms with Crippen LogP contribution < -0.4 is 10.2 Å². The minimum absolute atomic E-state index is 0.0571. The second-order valence-corrected chi connectivity index (χ2v) is 8.65. The van der Waals surface area contributed by atoms with Crippen molar-refractivity contribution in [2.45, 2.75) is 38.7 Å². The van der Waals surface area contributed by atoms with Gasteiger partial charge in [-0.2, -0.15) is 0 Å². The second-order valence-electron chi connectivity index (χ2n) is 8.65. The molecule has 0 aliphatic carbocycles. The zero-order valence-corrected chi connectivity index (χ0v) is 18.6. The lowest BCUT2D eigenvalue weighted by Gasteiger charge is -2.38. The van der Waals surface area contributed by atoms with Crippen LogP contribution in [0.1, 0.15) is 22.4 Å². The van der Waals surface area contributed by atoms with Gasteiger partial charge < -0.3 is 9.30 Å². The summed E-state index contributed by atoms with van der Waals surface area (Å²) in [6, 6.07) is 33.2. The van der Waals surface area contributed by atoms with E-state index in [0.717, 1.165) is 37.3 Å². The lowest BCUT2D eigenvalue weighted by molar-refractivity contribution is 0.128. The van der Waals surface area contributed by atoms with Crippen LogP contribution in [-0.4, -0.2) is 15.5 Å². The first-order valence-electron chi connectivity index (χ1n) is 11.5. The van der Waals surface area contributed by atoms with Crippen LogP contribution in [0.3, 0.4) is 0 Å². The maximum Gasteiger partial charge on any atom is 0.223 e. The summed E-state index contributed by atoms with van der Waals surface area (Å²) in [5, 5.41) is 0. The van der Waals surface area contributed by atoms with Gasteiger partial charge in [-0.25, -0.2) is 0 Å². The molecule has 0 fully saturated rings. The molecule has 0 N–H and O–H groups in total. The lowest BCUT2D eigenvalue weighted by Crippen LogP contribution is -2.44. The summed E-state index contributed by atoms with van der Waals surface area (Å²) in [4.78, 5) is 15.3. The molecule has 166 valence electrons. The van der Waals surface area contributed by atoms with E-state index >= 15 is 0 Å². The van der Waals surface area contributed by atoms with E-state index in [9.17, 15) is 4.79 Å². The van der Waals surface area contributed by atoms with Crippen LogP contribution in [-0.2, 0) is 32.7 Å². The molecule has 3 aromatic carbocycles. The van der Waals surface area contributed by atoms with Gasteiger partial charge >= 0.3 is 0 Å². The van der Waals surface area contributed by atoms with E-state index in [4.69, 9.17) is 4.74 Å². The van der Waals surface area contributed by atoms with E-state index in [2.05, 4.69) is 64.1 Å². The topological polar surface area (TPSA) is 34.5 Å². The Labute approximate surface area is 194 Å². The van der Waals surface area contributed by atoms with Gasteiger partial charge in [0, 0.05) is 37.4 Å². The molecule has 1 atom stereocenters. The molecular formula is C29H28N2O2. The average Bonchev–Trinajstić information content (AvgIpc) is 2.85. The Morgan fingerprint density at radius 3 is 2.06 bits per heavy atom. The highest BCUT2D eigenvalue weighted by atomic mass is 16.5. The molecule has 0 bridgehead atoms. The molecule has 1 unspecified atom stereocenters. The van der Waals surface area contributed by atoms with E-state index in [1.165, 1.54) is 11.1 Å². The number of hydrogen-bond acceptors (Lipinski definition) is 3. The third-order valence-corrected chi connectivity index (χ3v) is 6.25. The summed E-state index contributed by atoms with van der Waals surface area (Å²) >= 11 is 0. The first-order valence-corrected chi connectivity index (χ1v) is 11.5. The number of benzene rings is 3. The van der Waals surface area contributed by atoms with Gasteiger partial charge in [-0.15, -0.1) is 0 Å². The number of rotatable bonds is 7. The molecule has 1 aromatic heterocycles. The number of nitrogens with zero attached hydrogens (tertiary/aromatic N) is 2. The van der Waals surface area contributed by atoms with E-state index in [-0.39, 0.29) is 5.43 Å². The highest BCUT2D eigenvalue weighted by Gasteiger charge is 2.27. The molecule has 0 radical (unpaired) electrons. The van der Waals surface area contributed by atoms with Crippen LogP contribution in [0, 0.1) is 0 Å². The minimum Gasteiger partial charge on any atom is -0.483 e. The van der Waals surface area contributed by atoms with Gasteiger partial charge in [0.2, 0.25) is 5.43 Å². The number of fused-ring (bicyclic) bond motifs is 1. The number of pyridine rings is 1. The molecule has 0 spiro atoms. The normalized spacial score (nSPS) is 15.7. The van der Waals surface area contributed by atoms with Crippen LogP contribution in [0.25, 0.3) is 0 Å². The predicted molar refractivity (Wildman–Crippen MR) is 131 cm³/mol. The van der Waals surface area contributed by atoms with Crippen LogP contribution in [0.15, 0.2) is 108 Å². The fraction of sp³-hybridized carbons (Fsp3) is 0.207. The number of aromatic nitrogens is 1. The van der Waals surface area contributed by atoms with Crippen molar-refractivity contribution in [3.8, 4) is 5.75 Å². The fourth-order valence-electron chi connectivity index (χ4n) is 4.51. The van der Waals surface area contributed by atoms with Crippen molar-refractivity contribution in [1.29, 1.82) is 0 Å². The molecular weight excluding hydrogens is 408 g/mol. The third-order valence-electron chi connectivity index (χ3n) is 6.25. The highest BCUT2D eigenvalue weighted by molar-refractivity contribution is 5.25. The SMILES string of the molecule is O=c1cc2n(cc1OCc1ccccc1)CC(Cc1ccccc1)N(Cc1ccccc1)C2. The molecule has 0 saturated carbocycles. The monoisotopic (exact) mass is 436 g/mol. The summed E-state index contributed by atoms with van der Waals surface area (Å²) in [5.74, 6) is 0.414. The summed E-state index contributed by atoms with van der Waals surface area (Å²) in [5.41, 5.74) is 4.64. The Hall–Kier alpha value is -3.63. The molecule has 0 amide bonds. The standard InChI is InChI=1S/C29H28N2O2/c32-28-17-27-20-30(18-24-12-6-2-7-13-24)26(16-23-10-4-1-5-11-23)19-31(27)21-29(28)33-22-25-14-8-3-9-15-25/h1-15,17,21,26H,16,18-20,22H2. The Morgan fingerprint density at radius 2 is 1.39 bits per heavy atom. The largest absolute Gasteiger partial charge is 0.483 e. The smallest absolute Gasteiger partial charge is 0.223 e. The van der Waals surface area contributed by atoms with Gasteiger partial charge in [0.1, 0.15) is 6.61 Å². The first kappa shape index (κ1) is 21.2. The molecule has 2 heterocycles. The van der Waals surface area contributed by atoms with Crippen LogP contribution >= 0.6 is 0 Å². The molecule has 1 aliphatic rings. The van der Waals surface area contributed by atoms with Gasteiger partial charge in [-0.1, -0.05) is 91.0 Å². The lowest BCUT2D eigenvalue weighted by atomic mass is 10.0. The van der Waals surface area contributed by atoms with E-state index < -0.39 is 0 Å². The van der Waals surface area contributed by atoms with Crippen molar-refractivity contribution in [3.63, 3.8) is 0 Å². The summed E-state index contributed by atoms with van der Waals surface area (Å²) < 4.78 is 8.12. The van der Waals surface area contributed by atoms with Crippen molar-refractivity contribution in [3.05, 3.63) is 136 Å². The van der Waals surface area contributed by atoms with E-state index in [1.54, 1.807) is 6.07 Å². The Bertz CT molecular complexity index is 1240. The molecule has 4 heteroatoms. The zero-order chi connectivity index (χ0) is 22.5. The molecule has 4 aromatic rings. The van der Waals surface area contributed by atoms with Gasteiger partial charge in [-0.05, 0) is 23.1 Å². The van der Waals surface area contributed by atoms with Crippen molar-refractivity contribution >= 4 is 0 Å². The third kappa shape index (κ3) is 5.24. The second kappa shape index (κ2) is 9.88. The molecule has 5 rings (SSSR count). The van der Waals surface area contributed by atoms with E-state index in [0.29, 0.717) is 18.4 Å². The maximum atomic E-state index is 12.8. The number of hydrogen-bond donors (Lipinski definition) is 0. The quantitative estimate of drug-likeness (QED) is 0.406. The van der Waals surface area contributed by atoms with E-state index in [1.807, 2.05) is 42.6 Å². The van der Waals surface area contributed by atoms with Crippen molar-refractivity contribution in [2.75, 3.05) is 0 Å². The van der Waals surface area contributed by atoms with Crippen molar-refractivity contribution < 1.29 is 4.74 Å². The number of ether oxygens (including phenoxy) is 1. The van der Waals surface area contributed by atoms with Crippen LogP contribution in [0.2, 0.25) is 0 Å². The fourth-order valence-corrected chi connectivity index (χ4v) is 4.51. The molecule has 4 nitrogen and oxygen atoms in total. The Morgan fingerprint density at radius 1 is 0.788 bits per heavy atom. The molecule has 33 heavy (non-hydrogen) atoms. The van der Waals surface area contributed by atoms with Crippen molar-refractivity contribution in [2.24, 2.45) is 0 Å². The molecule has 1 aliphatic heterocycles. The first-order chi connectivity index (χ1) is 16.2. The van der Waals surface area contributed by atoms with Gasteiger partial charge in [0.25, 0.3) is 0 Å². The van der Waals surface area contributed by atoms with Crippen LogP contribution in [0.4, 0.5) is 0 Å². The summed E-state index contributed by atoms with van der Waals surface area (Å²) in [6.07, 6.45) is 2.86. The van der Waals surface area contributed by atoms with Gasteiger partial charge in [-0.3, -0.25) is 9.69 Å².